The summed E-state index contributed by atoms with van der Waals surface area (Å²) in [6.45, 7) is 9.82. The van der Waals surface area contributed by atoms with E-state index in [1.165, 1.54) is 17.4 Å². The summed E-state index contributed by atoms with van der Waals surface area (Å²) in [4.78, 5) is 34.5. The van der Waals surface area contributed by atoms with Crippen molar-refractivity contribution in [1.29, 1.82) is 0 Å². The number of aromatic nitrogens is 4. The number of unbranched alkanes of at least 4 members (excludes halogenated alkanes) is 1. The average molecular weight is 417 g/mol. The van der Waals surface area contributed by atoms with E-state index in [4.69, 9.17) is 4.98 Å². The van der Waals surface area contributed by atoms with Gasteiger partial charge in [-0.05, 0) is 55.8 Å². The smallest absolute Gasteiger partial charge is 0.332 e. The van der Waals surface area contributed by atoms with E-state index in [1.54, 1.807) is 4.57 Å². The highest BCUT2D eigenvalue weighted by atomic mass is 16.3. The molecule has 5 atom stereocenters. The molecule has 7 heteroatoms. The van der Waals surface area contributed by atoms with E-state index < -0.39 is 0 Å². The van der Waals surface area contributed by atoms with E-state index in [-0.39, 0.29) is 23.3 Å². The number of aryl methyl sites for hydroxylation is 1. The quantitative estimate of drug-likeness (QED) is 0.726. The van der Waals surface area contributed by atoms with Crippen molar-refractivity contribution in [3.63, 3.8) is 0 Å². The summed E-state index contributed by atoms with van der Waals surface area (Å²) in [6.07, 6.45) is 5.62. The molecule has 2 aromatic rings. The first-order valence-corrected chi connectivity index (χ1v) is 11.7. The van der Waals surface area contributed by atoms with Crippen LogP contribution in [-0.2, 0) is 18.5 Å². The van der Waals surface area contributed by atoms with Crippen LogP contribution in [0.25, 0.3) is 11.2 Å². The van der Waals surface area contributed by atoms with Crippen LogP contribution >= 0.6 is 0 Å². The number of fused-ring (bicyclic) bond motifs is 3. The van der Waals surface area contributed by atoms with Crippen LogP contribution in [-0.4, -0.2) is 30.8 Å². The lowest BCUT2D eigenvalue weighted by atomic mass is 9.71. The average Bonchev–Trinajstić information content (AvgIpc) is 3.28. The van der Waals surface area contributed by atoms with Gasteiger partial charge in [-0.15, -0.1) is 0 Å². The van der Waals surface area contributed by atoms with Gasteiger partial charge in [-0.2, -0.15) is 0 Å². The molecule has 0 saturated heterocycles. The third kappa shape index (κ3) is 3.26. The minimum Gasteiger partial charge on any atom is -0.396 e. The molecule has 0 aromatic carbocycles. The Morgan fingerprint density at radius 1 is 1.17 bits per heavy atom. The molecule has 2 heterocycles. The van der Waals surface area contributed by atoms with Crippen molar-refractivity contribution in [2.45, 2.75) is 84.7 Å². The molecular formula is C23H36N4O3. The van der Waals surface area contributed by atoms with E-state index in [9.17, 15) is 14.7 Å². The number of H-pyrrole nitrogens is 1. The third-order valence-electron chi connectivity index (χ3n) is 8.15. The van der Waals surface area contributed by atoms with Crippen molar-refractivity contribution in [3.8, 4) is 0 Å². The van der Waals surface area contributed by atoms with Gasteiger partial charge < -0.3 is 10.1 Å². The van der Waals surface area contributed by atoms with E-state index >= 15 is 0 Å². The van der Waals surface area contributed by atoms with Crippen molar-refractivity contribution in [1.82, 2.24) is 19.1 Å². The summed E-state index contributed by atoms with van der Waals surface area (Å²) in [5, 5.41) is 9.31. The number of hydrogen-bond acceptors (Lipinski definition) is 4. The van der Waals surface area contributed by atoms with Crippen LogP contribution in [0.2, 0.25) is 0 Å². The van der Waals surface area contributed by atoms with Crippen LogP contribution < -0.4 is 11.2 Å². The number of hydrogen-bond donors (Lipinski definition) is 2. The Hall–Kier alpha value is -1.89. The number of aromatic amines is 1. The van der Waals surface area contributed by atoms with Gasteiger partial charge in [0.1, 0.15) is 11.3 Å². The van der Waals surface area contributed by atoms with Crippen LogP contribution in [0.15, 0.2) is 9.59 Å². The number of rotatable bonds is 7. The van der Waals surface area contributed by atoms with Gasteiger partial charge in [-0.1, -0.05) is 34.1 Å². The molecule has 2 aliphatic rings. The predicted molar refractivity (Wildman–Crippen MR) is 118 cm³/mol. The zero-order chi connectivity index (χ0) is 21.6. The largest absolute Gasteiger partial charge is 0.396 e. The van der Waals surface area contributed by atoms with E-state index in [0.717, 1.165) is 25.1 Å². The Morgan fingerprint density at radius 2 is 1.90 bits per heavy atom. The Balaban J connectivity index is 1.85. The molecule has 166 valence electrons. The first-order valence-electron chi connectivity index (χ1n) is 11.7. The maximum absolute atomic E-state index is 13.2. The number of nitrogens with zero attached hydrogens (tertiary/aromatic N) is 3. The van der Waals surface area contributed by atoms with Crippen molar-refractivity contribution in [2.24, 2.45) is 23.7 Å². The van der Waals surface area contributed by atoms with Crippen LogP contribution in [0.5, 0.6) is 0 Å². The van der Waals surface area contributed by atoms with Gasteiger partial charge in [0, 0.05) is 25.1 Å². The highest BCUT2D eigenvalue weighted by Crippen LogP contribution is 2.57. The van der Waals surface area contributed by atoms with Gasteiger partial charge in [0.2, 0.25) is 0 Å². The van der Waals surface area contributed by atoms with E-state index in [0.29, 0.717) is 54.3 Å². The minimum absolute atomic E-state index is 0.00343. The van der Waals surface area contributed by atoms with Crippen molar-refractivity contribution < 1.29 is 5.11 Å². The summed E-state index contributed by atoms with van der Waals surface area (Å²) < 4.78 is 2.92. The lowest BCUT2D eigenvalue weighted by molar-refractivity contribution is 0.175. The molecule has 2 N–H and O–H groups in total. The minimum atomic E-state index is -0.315. The van der Waals surface area contributed by atoms with Gasteiger partial charge in [0.15, 0.2) is 5.65 Å². The van der Waals surface area contributed by atoms with Crippen molar-refractivity contribution in [3.05, 3.63) is 26.7 Å². The maximum Gasteiger partial charge on any atom is 0.332 e. The molecule has 2 fully saturated rings. The second kappa shape index (κ2) is 7.98. The molecule has 7 nitrogen and oxygen atoms in total. The first-order chi connectivity index (χ1) is 14.3. The molecule has 4 rings (SSSR count). The fourth-order valence-electron chi connectivity index (χ4n) is 5.98. The molecule has 30 heavy (non-hydrogen) atoms. The van der Waals surface area contributed by atoms with Crippen LogP contribution in [0.3, 0.4) is 0 Å². The van der Waals surface area contributed by atoms with Crippen LogP contribution in [0.1, 0.15) is 72.0 Å². The second-order valence-electron chi connectivity index (χ2n) is 9.99. The lowest BCUT2D eigenvalue weighted by Crippen LogP contribution is -2.40. The highest BCUT2D eigenvalue weighted by Gasteiger charge is 2.52. The molecule has 2 aliphatic carbocycles. The van der Waals surface area contributed by atoms with Gasteiger partial charge in [0.25, 0.3) is 5.56 Å². The number of nitrogens with one attached hydrogen (secondary N) is 1. The molecule has 2 bridgehead atoms. The third-order valence-corrected chi connectivity index (χ3v) is 8.15. The Kier molecular flexibility index (Phi) is 5.68. The lowest BCUT2D eigenvalue weighted by Gasteiger charge is -2.34. The Labute approximate surface area is 177 Å². The summed E-state index contributed by atoms with van der Waals surface area (Å²) in [6, 6.07) is 0. The van der Waals surface area contributed by atoms with Gasteiger partial charge in [-0.3, -0.25) is 13.9 Å². The van der Waals surface area contributed by atoms with E-state index in [1.807, 2.05) is 6.92 Å². The fourth-order valence-corrected chi connectivity index (χ4v) is 5.98. The second-order valence-corrected chi connectivity index (χ2v) is 9.99. The molecule has 0 spiro atoms. The summed E-state index contributed by atoms with van der Waals surface area (Å²) >= 11 is 0. The van der Waals surface area contributed by atoms with E-state index in [2.05, 4.69) is 25.8 Å². The van der Waals surface area contributed by atoms with Crippen LogP contribution in [0, 0.1) is 23.7 Å². The van der Waals surface area contributed by atoms with Crippen molar-refractivity contribution in [2.75, 3.05) is 6.61 Å². The zero-order valence-electron chi connectivity index (χ0n) is 18.8. The highest BCUT2D eigenvalue weighted by molar-refractivity contribution is 5.70. The fraction of sp³-hybridized carbons (Fsp3) is 0.783. The monoisotopic (exact) mass is 416 g/mol. The molecule has 1 unspecified atom stereocenters. The first kappa shape index (κ1) is 21.3. The predicted octanol–water partition coefficient (Wildman–Crippen LogP) is 3.03. The van der Waals surface area contributed by atoms with Gasteiger partial charge in [-0.25, -0.2) is 9.78 Å². The Morgan fingerprint density at radius 3 is 2.60 bits per heavy atom. The topological polar surface area (TPSA) is 92.9 Å². The molecule has 0 radical (unpaired) electrons. The number of aliphatic hydroxyl groups is 1. The molecule has 2 saturated carbocycles. The van der Waals surface area contributed by atoms with Crippen LogP contribution in [0.4, 0.5) is 0 Å². The normalized spacial score (nSPS) is 31.0. The zero-order valence-corrected chi connectivity index (χ0v) is 18.8. The maximum atomic E-state index is 13.2. The number of aliphatic hydroxyl groups excluding tert-OH is 1. The molecule has 0 aliphatic heterocycles. The van der Waals surface area contributed by atoms with Gasteiger partial charge >= 0.3 is 5.69 Å². The number of imidazole rings is 1. The van der Waals surface area contributed by atoms with Crippen molar-refractivity contribution >= 4 is 11.2 Å². The molecule has 0 amide bonds. The summed E-state index contributed by atoms with van der Waals surface area (Å²) in [5.74, 6) is 3.51. The molecule has 2 aromatic heterocycles. The van der Waals surface area contributed by atoms with Gasteiger partial charge in [0.05, 0.1) is 0 Å². The Bertz CT molecular complexity index is 1040. The summed E-state index contributed by atoms with van der Waals surface area (Å²) in [5.41, 5.74) is 0.201. The molecular weight excluding hydrogens is 380 g/mol. The summed E-state index contributed by atoms with van der Waals surface area (Å²) in [7, 11) is 0. The standard InChI is InChI=1S/C23H36N4O3/c1-5-6-8-27-20(29)18-19(26(22(27)30)9-7-10-28)25-21(24-18)23(4)13-16-12-17(23)11-14(2)15(16)3/h14-17,28H,5-13H2,1-4H3,(H,24,25)/t14?,15-,16-,17-,23-/m1/s1. The SMILES string of the molecule is CCCCn1c(=O)c2[nH]c([C@]3(C)C[C@H]4C[C@H]3CC(C)[C@H]4C)nc2n(CCCO)c1=O.